The fourth-order valence-electron chi connectivity index (χ4n) is 2.43. The van der Waals surface area contributed by atoms with Gasteiger partial charge < -0.3 is 4.74 Å². The lowest BCUT2D eigenvalue weighted by Gasteiger charge is -2.06. The summed E-state index contributed by atoms with van der Waals surface area (Å²) in [7, 11) is 1.49. The maximum Gasteiger partial charge on any atom is 0.207 e. The number of carbonyl (C=O) groups is 1. The van der Waals surface area contributed by atoms with Crippen LogP contribution in [0.1, 0.15) is 15.9 Å². The Morgan fingerprint density at radius 3 is 2.60 bits per heavy atom. The fraction of sp³-hybridized carbons (Fsp3) is 0.0500. The van der Waals surface area contributed by atoms with Gasteiger partial charge in [0.2, 0.25) is 5.78 Å². The number of aromatic nitrogens is 2. The van der Waals surface area contributed by atoms with E-state index in [1.165, 1.54) is 13.2 Å². The number of nitriles is 1. The Labute approximate surface area is 145 Å². The van der Waals surface area contributed by atoms with E-state index in [-0.39, 0.29) is 11.4 Å². The van der Waals surface area contributed by atoms with E-state index in [1.807, 2.05) is 36.4 Å². The fourth-order valence-corrected chi connectivity index (χ4v) is 2.43. The summed E-state index contributed by atoms with van der Waals surface area (Å²) in [5.41, 5.74) is 1.95. The molecule has 0 unspecified atom stereocenters. The summed E-state index contributed by atoms with van der Waals surface area (Å²) in [6.07, 6.45) is 4.91. The molecule has 0 saturated heterocycles. The summed E-state index contributed by atoms with van der Waals surface area (Å²) in [5, 5.41) is 13.7. The molecule has 0 aliphatic rings. The molecule has 0 radical (unpaired) electrons. The normalized spacial score (nSPS) is 11.0. The number of ketones is 1. The van der Waals surface area contributed by atoms with Crippen LogP contribution in [0.15, 0.2) is 72.6 Å². The molecule has 5 heteroatoms. The molecule has 0 amide bonds. The Hall–Kier alpha value is -3.65. The number of ether oxygens (including phenoxy) is 1. The first-order valence-electron chi connectivity index (χ1n) is 7.62. The zero-order chi connectivity index (χ0) is 17.6. The van der Waals surface area contributed by atoms with Gasteiger partial charge in [0.1, 0.15) is 17.4 Å². The predicted octanol–water partition coefficient (Wildman–Crippen LogP) is 3.67. The topological polar surface area (TPSA) is 67.9 Å². The Bertz CT molecular complexity index is 966. The van der Waals surface area contributed by atoms with Gasteiger partial charge in [0, 0.05) is 11.8 Å². The maximum absolute atomic E-state index is 12.6. The minimum Gasteiger partial charge on any atom is -0.496 e. The molecule has 0 saturated carbocycles. The molecule has 0 spiro atoms. The number of nitrogens with zero attached hydrogens (tertiary/aromatic N) is 3. The third kappa shape index (κ3) is 3.48. The lowest BCUT2D eigenvalue weighted by Crippen LogP contribution is -2.04. The van der Waals surface area contributed by atoms with Crippen molar-refractivity contribution in [1.29, 1.82) is 5.26 Å². The van der Waals surface area contributed by atoms with Crippen LogP contribution in [-0.2, 0) is 0 Å². The van der Waals surface area contributed by atoms with Gasteiger partial charge in [-0.2, -0.15) is 10.4 Å². The smallest absolute Gasteiger partial charge is 0.207 e. The van der Waals surface area contributed by atoms with E-state index in [0.717, 1.165) is 5.69 Å². The molecule has 0 N–H and O–H groups in total. The number of carbonyl (C=O) groups excluding carboxylic acids is 1. The van der Waals surface area contributed by atoms with Crippen molar-refractivity contribution in [2.45, 2.75) is 0 Å². The van der Waals surface area contributed by atoms with Gasteiger partial charge >= 0.3 is 0 Å². The zero-order valence-corrected chi connectivity index (χ0v) is 13.6. The largest absolute Gasteiger partial charge is 0.496 e. The van der Waals surface area contributed by atoms with Crippen molar-refractivity contribution in [3.63, 3.8) is 0 Å². The van der Waals surface area contributed by atoms with Crippen LogP contribution in [0.25, 0.3) is 11.8 Å². The van der Waals surface area contributed by atoms with Crippen molar-refractivity contribution in [2.75, 3.05) is 7.11 Å². The molecule has 1 aromatic heterocycles. The number of hydrogen-bond donors (Lipinski definition) is 0. The van der Waals surface area contributed by atoms with Crippen molar-refractivity contribution in [3.8, 4) is 17.5 Å². The molecule has 0 fully saturated rings. The molecule has 0 aliphatic carbocycles. The number of methoxy groups -OCH3 is 1. The molecule has 3 aromatic rings. The molecule has 1 heterocycles. The molecule has 122 valence electrons. The highest BCUT2D eigenvalue weighted by molar-refractivity contribution is 6.15. The summed E-state index contributed by atoms with van der Waals surface area (Å²) in [4.78, 5) is 12.6. The van der Waals surface area contributed by atoms with Crippen LogP contribution in [0.3, 0.4) is 0 Å². The predicted molar refractivity (Wildman–Crippen MR) is 94.5 cm³/mol. The Kier molecular flexibility index (Phi) is 4.72. The Morgan fingerprint density at radius 2 is 1.88 bits per heavy atom. The van der Waals surface area contributed by atoms with Gasteiger partial charge in [-0.15, -0.1) is 0 Å². The van der Waals surface area contributed by atoms with E-state index in [0.29, 0.717) is 16.9 Å². The highest BCUT2D eigenvalue weighted by Gasteiger charge is 2.16. The summed E-state index contributed by atoms with van der Waals surface area (Å²) < 4.78 is 6.89. The van der Waals surface area contributed by atoms with Gasteiger partial charge in [-0.25, -0.2) is 4.68 Å². The van der Waals surface area contributed by atoms with Crippen molar-refractivity contribution >= 4 is 11.9 Å². The number of Topliss-reactive ketones (excluding diaryl/α,β-unsaturated/α-hetero) is 1. The summed E-state index contributed by atoms with van der Waals surface area (Å²) in [5.74, 6) is 0.0565. The molecule has 3 rings (SSSR count). The molecule has 25 heavy (non-hydrogen) atoms. The minimum absolute atomic E-state index is 0.0251. The monoisotopic (exact) mass is 329 g/mol. The van der Waals surface area contributed by atoms with Crippen LogP contribution in [0.2, 0.25) is 0 Å². The highest BCUT2D eigenvalue weighted by atomic mass is 16.5. The van der Waals surface area contributed by atoms with Crippen molar-refractivity contribution in [1.82, 2.24) is 9.78 Å². The molecule has 0 bridgehead atoms. The zero-order valence-electron chi connectivity index (χ0n) is 13.6. The number of allylic oxidation sites excluding steroid dienone is 1. The lowest BCUT2D eigenvalue weighted by molar-refractivity contribution is 0.103. The van der Waals surface area contributed by atoms with Gasteiger partial charge in [0.05, 0.1) is 24.6 Å². The van der Waals surface area contributed by atoms with Crippen molar-refractivity contribution in [2.24, 2.45) is 0 Å². The second-order valence-electron chi connectivity index (χ2n) is 5.25. The van der Waals surface area contributed by atoms with E-state index in [9.17, 15) is 10.1 Å². The summed E-state index contributed by atoms with van der Waals surface area (Å²) in [6, 6.07) is 18.4. The third-order valence-corrected chi connectivity index (χ3v) is 3.65. The van der Waals surface area contributed by atoms with Crippen molar-refractivity contribution in [3.05, 3.63) is 83.7 Å². The lowest BCUT2D eigenvalue weighted by atomic mass is 10.0. The SMILES string of the molecule is COc1ccccc1C(=O)/C(C#N)=C/c1cnn(-c2ccccc2)c1. The van der Waals surface area contributed by atoms with E-state index in [4.69, 9.17) is 4.74 Å². The molecular formula is C20H15N3O2. The van der Waals surface area contributed by atoms with Crippen LogP contribution in [0, 0.1) is 11.3 Å². The van der Waals surface area contributed by atoms with Crippen LogP contribution >= 0.6 is 0 Å². The van der Waals surface area contributed by atoms with E-state index < -0.39 is 0 Å². The molecule has 2 aromatic carbocycles. The maximum atomic E-state index is 12.6. The average Bonchev–Trinajstić information content (AvgIpc) is 3.15. The minimum atomic E-state index is -0.382. The number of hydrogen-bond acceptors (Lipinski definition) is 4. The van der Waals surface area contributed by atoms with Gasteiger partial charge in [0.15, 0.2) is 0 Å². The molecule has 5 nitrogen and oxygen atoms in total. The number of benzene rings is 2. The van der Waals surface area contributed by atoms with Crippen LogP contribution in [0.5, 0.6) is 5.75 Å². The van der Waals surface area contributed by atoms with Crippen LogP contribution in [-0.4, -0.2) is 22.7 Å². The number of rotatable bonds is 5. The molecule has 0 aliphatic heterocycles. The van der Waals surface area contributed by atoms with Crippen LogP contribution < -0.4 is 4.74 Å². The highest BCUT2D eigenvalue weighted by Crippen LogP contribution is 2.22. The van der Waals surface area contributed by atoms with Gasteiger partial charge in [0.25, 0.3) is 0 Å². The molecular weight excluding hydrogens is 314 g/mol. The van der Waals surface area contributed by atoms with Gasteiger partial charge in [-0.1, -0.05) is 30.3 Å². The first-order valence-corrected chi connectivity index (χ1v) is 7.62. The average molecular weight is 329 g/mol. The summed E-state index contributed by atoms with van der Waals surface area (Å²) >= 11 is 0. The van der Waals surface area contributed by atoms with Crippen LogP contribution in [0.4, 0.5) is 0 Å². The quantitative estimate of drug-likeness (QED) is 0.407. The molecule has 0 atom stereocenters. The second kappa shape index (κ2) is 7.28. The van der Waals surface area contributed by atoms with E-state index in [2.05, 4.69) is 5.10 Å². The second-order valence-corrected chi connectivity index (χ2v) is 5.25. The standard InChI is InChI=1S/C20H15N3O2/c1-25-19-10-6-5-9-18(19)20(24)16(12-21)11-15-13-22-23(14-15)17-7-3-2-4-8-17/h2-11,13-14H,1H3/b16-11+. The first-order chi connectivity index (χ1) is 12.2. The van der Waals surface area contributed by atoms with Gasteiger partial charge in [-0.05, 0) is 30.3 Å². The van der Waals surface area contributed by atoms with E-state index in [1.54, 1.807) is 41.3 Å². The first kappa shape index (κ1) is 16.2. The third-order valence-electron chi connectivity index (χ3n) is 3.65. The Morgan fingerprint density at radius 1 is 1.16 bits per heavy atom. The van der Waals surface area contributed by atoms with Crippen molar-refractivity contribution < 1.29 is 9.53 Å². The summed E-state index contributed by atoms with van der Waals surface area (Å²) in [6.45, 7) is 0. The van der Waals surface area contributed by atoms with E-state index >= 15 is 0 Å². The number of para-hydroxylation sites is 2. The van der Waals surface area contributed by atoms with Gasteiger partial charge in [-0.3, -0.25) is 4.79 Å². The Balaban J connectivity index is 1.92.